The summed E-state index contributed by atoms with van der Waals surface area (Å²) in [6.07, 6.45) is 0.744. The monoisotopic (exact) mass is 281 g/mol. The molecule has 1 atom stereocenters. The first kappa shape index (κ1) is 11.8. The first-order valence-electron chi connectivity index (χ1n) is 4.06. The van der Waals surface area contributed by atoms with E-state index in [1.807, 2.05) is 0 Å². The van der Waals surface area contributed by atoms with Crippen LogP contribution in [0.1, 0.15) is 18.0 Å². The van der Waals surface area contributed by atoms with Gasteiger partial charge in [-0.2, -0.15) is 0 Å². The zero-order valence-electron chi connectivity index (χ0n) is 7.30. The van der Waals surface area contributed by atoms with Gasteiger partial charge in [0, 0.05) is 18.0 Å². The van der Waals surface area contributed by atoms with Crippen LogP contribution in [-0.4, -0.2) is 6.61 Å². The smallest absolute Gasteiger partial charge is 0.179 e. The van der Waals surface area contributed by atoms with Crippen LogP contribution in [0, 0.1) is 5.82 Å². The second-order valence-corrected chi connectivity index (χ2v) is 3.88. The largest absolute Gasteiger partial charge is 0.490 e. The van der Waals surface area contributed by atoms with Gasteiger partial charge in [0.15, 0.2) is 11.6 Å². The van der Waals surface area contributed by atoms with E-state index in [0.717, 1.165) is 12.0 Å². The van der Waals surface area contributed by atoms with Crippen LogP contribution in [0.2, 0.25) is 0 Å². The second-order valence-electron chi connectivity index (χ2n) is 3.02. The van der Waals surface area contributed by atoms with Crippen LogP contribution in [0.3, 0.4) is 0 Å². The van der Waals surface area contributed by atoms with E-state index in [2.05, 4.69) is 15.9 Å². The van der Waals surface area contributed by atoms with Gasteiger partial charge in [0.25, 0.3) is 0 Å². The molecule has 0 aromatic heterocycles. The number of hydrogen-bond acceptors (Lipinski definition) is 2. The van der Waals surface area contributed by atoms with Gasteiger partial charge in [-0.25, -0.2) is 4.39 Å². The number of rotatable bonds is 0. The predicted molar refractivity (Wildman–Crippen MR) is 58.4 cm³/mol. The molecule has 0 bridgehead atoms. The SMILES string of the molecule is Cl.N[C@H]1CCOc2c1ccc(Br)c2F. The van der Waals surface area contributed by atoms with E-state index in [1.165, 1.54) is 0 Å². The maximum absolute atomic E-state index is 13.4. The fourth-order valence-corrected chi connectivity index (χ4v) is 1.74. The number of benzene rings is 1. The molecule has 0 aliphatic carbocycles. The minimum Gasteiger partial charge on any atom is -0.490 e. The van der Waals surface area contributed by atoms with Crippen molar-refractivity contribution < 1.29 is 9.13 Å². The van der Waals surface area contributed by atoms with Crippen molar-refractivity contribution in [3.05, 3.63) is 28.0 Å². The summed E-state index contributed by atoms with van der Waals surface area (Å²) in [6.45, 7) is 0.488. The van der Waals surface area contributed by atoms with Gasteiger partial charge in [-0.3, -0.25) is 0 Å². The zero-order chi connectivity index (χ0) is 9.42. The van der Waals surface area contributed by atoms with Crippen molar-refractivity contribution in [1.29, 1.82) is 0 Å². The van der Waals surface area contributed by atoms with Gasteiger partial charge in [-0.05, 0) is 22.0 Å². The Kier molecular flexibility index (Phi) is 3.75. The molecular weight excluding hydrogens is 272 g/mol. The molecule has 1 aromatic carbocycles. The lowest BCUT2D eigenvalue weighted by Gasteiger charge is -2.23. The number of hydrogen-bond donors (Lipinski definition) is 1. The van der Waals surface area contributed by atoms with Crippen LogP contribution in [0.25, 0.3) is 0 Å². The Morgan fingerprint density at radius 3 is 2.93 bits per heavy atom. The fraction of sp³-hybridized carbons (Fsp3) is 0.333. The highest BCUT2D eigenvalue weighted by Gasteiger charge is 2.22. The Hall–Kier alpha value is -0.320. The van der Waals surface area contributed by atoms with Crippen molar-refractivity contribution in [1.82, 2.24) is 0 Å². The average molecular weight is 283 g/mol. The lowest BCUT2D eigenvalue weighted by Crippen LogP contribution is -2.21. The molecule has 0 spiro atoms. The van der Waals surface area contributed by atoms with Crippen molar-refractivity contribution in [3.63, 3.8) is 0 Å². The van der Waals surface area contributed by atoms with E-state index in [9.17, 15) is 4.39 Å². The number of nitrogens with two attached hydrogens (primary N) is 1. The van der Waals surface area contributed by atoms with Crippen LogP contribution in [0.4, 0.5) is 4.39 Å². The van der Waals surface area contributed by atoms with Crippen molar-refractivity contribution in [3.8, 4) is 5.75 Å². The molecule has 78 valence electrons. The van der Waals surface area contributed by atoms with Gasteiger partial charge in [0.1, 0.15) is 0 Å². The summed E-state index contributed by atoms with van der Waals surface area (Å²) in [6, 6.07) is 3.35. The van der Waals surface area contributed by atoms with Crippen LogP contribution in [-0.2, 0) is 0 Å². The van der Waals surface area contributed by atoms with E-state index in [4.69, 9.17) is 10.5 Å². The van der Waals surface area contributed by atoms with Gasteiger partial charge in [0.05, 0.1) is 11.1 Å². The summed E-state index contributed by atoms with van der Waals surface area (Å²) >= 11 is 3.10. The van der Waals surface area contributed by atoms with E-state index in [1.54, 1.807) is 12.1 Å². The second kappa shape index (κ2) is 4.47. The van der Waals surface area contributed by atoms with Gasteiger partial charge in [-0.15, -0.1) is 12.4 Å². The maximum Gasteiger partial charge on any atom is 0.179 e. The topological polar surface area (TPSA) is 35.2 Å². The maximum atomic E-state index is 13.4. The molecule has 2 nitrogen and oxygen atoms in total. The molecule has 0 saturated carbocycles. The predicted octanol–water partition coefficient (Wildman–Crippen LogP) is 2.79. The summed E-state index contributed by atoms with van der Waals surface area (Å²) in [7, 11) is 0. The van der Waals surface area contributed by atoms with Gasteiger partial charge < -0.3 is 10.5 Å². The minimum atomic E-state index is -0.354. The summed E-state index contributed by atoms with van der Waals surface area (Å²) in [5.74, 6) is -0.0548. The molecule has 5 heteroatoms. The molecule has 0 fully saturated rings. The van der Waals surface area contributed by atoms with Crippen LogP contribution in [0.5, 0.6) is 5.75 Å². The third-order valence-electron chi connectivity index (χ3n) is 2.16. The molecule has 1 aliphatic rings. The van der Waals surface area contributed by atoms with Crippen molar-refractivity contribution in [2.24, 2.45) is 5.73 Å². The van der Waals surface area contributed by atoms with E-state index in [0.29, 0.717) is 16.8 Å². The molecule has 0 unspecified atom stereocenters. The Balaban J connectivity index is 0.000000980. The minimum absolute atomic E-state index is 0. The third-order valence-corrected chi connectivity index (χ3v) is 2.77. The summed E-state index contributed by atoms with van der Waals surface area (Å²) in [5.41, 5.74) is 6.56. The molecule has 14 heavy (non-hydrogen) atoms. The highest BCUT2D eigenvalue weighted by molar-refractivity contribution is 9.10. The molecule has 0 amide bonds. The lowest BCUT2D eigenvalue weighted by atomic mass is 10.0. The highest BCUT2D eigenvalue weighted by Crippen LogP contribution is 2.35. The van der Waals surface area contributed by atoms with Gasteiger partial charge in [0.2, 0.25) is 0 Å². The Morgan fingerprint density at radius 2 is 2.21 bits per heavy atom. The normalized spacial score (nSPS) is 19.2. The summed E-state index contributed by atoms with van der Waals surface area (Å²) in [5, 5.41) is 0. The first-order chi connectivity index (χ1) is 6.20. The van der Waals surface area contributed by atoms with E-state index < -0.39 is 0 Å². The highest BCUT2D eigenvalue weighted by atomic mass is 79.9. The van der Waals surface area contributed by atoms with E-state index in [-0.39, 0.29) is 24.3 Å². The Labute approximate surface area is 96.2 Å². The van der Waals surface area contributed by atoms with Crippen LogP contribution < -0.4 is 10.5 Å². The molecular formula is C9H10BrClFNO. The lowest BCUT2D eigenvalue weighted by molar-refractivity contribution is 0.255. The quantitative estimate of drug-likeness (QED) is 0.794. The van der Waals surface area contributed by atoms with Gasteiger partial charge in [-0.1, -0.05) is 6.07 Å². The molecule has 2 rings (SSSR count). The van der Waals surface area contributed by atoms with Crippen molar-refractivity contribution >= 4 is 28.3 Å². The number of fused-ring (bicyclic) bond motifs is 1. The first-order valence-corrected chi connectivity index (χ1v) is 4.85. The average Bonchev–Trinajstić information content (AvgIpc) is 2.12. The van der Waals surface area contributed by atoms with Crippen LogP contribution in [0.15, 0.2) is 16.6 Å². The van der Waals surface area contributed by atoms with Crippen molar-refractivity contribution in [2.45, 2.75) is 12.5 Å². The third kappa shape index (κ3) is 1.87. The van der Waals surface area contributed by atoms with Crippen LogP contribution >= 0.6 is 28.3 Å². The summed E-state index contributed by atoms with van der Waals surface area (Å²) < 4.78 is 19.1. The Morgan fingerprint density at radius 1 is 1.50 bits per heavy atom. The number of halogens is 3. The molecule has 0 saturated heterocycles. The molecule has 1 aromatic rings. The van der Waals surface area contributed by atoms with Crippen molar-refractivity contribution in [2.75, 3.05) is 6.61 Å². The number of ether oxygens (including phenoxy) is 1. The van der Waals surface area contributed by atoms with Gasteiger partial charge >= 0.3 is 0 Å². The standard InChI is InChI=1S/C9H9BrFNO.ClH/c10-6-2-1-5-7(12)3-4-13-9(5)8(6)11;/h1-2,7H,3-4,12H2;1H/t7-;/m0./s1. The fourth-order valence-electron chi connectivity index (χ4n) is 1.43. The molecule has 1 aliphatic heterocycles. The Bertz CT molecular complexity index is 348. The molecule has 1 heterocycles. The molecule has 2 N–H and O–H groups in total. The summed E-state index contributed by atoms with van der Waals surface area (Å²) in [4.78, 5) is 0. The molecule has 0 radical (unpaired) electrons. The zero-order valence-corrected chi connectivity index (χ0v) is 9.70. The van der Waals surface area contributed by atoms with E-state index >= 15 is 0 Å².